The van der Waals surface area contributed by atoms with Gasteiger partial charge in [-0.2, -0.15) is 4.98 Å². The lowest BCUT2D eigenvalue weighted by Gasteiger charge is -2.38. The number of nitrogens with one attached hydrogen (secondary N) is 2. The molecule has 3 aromatic rings. The number of likely N-dealkylation sites (N-methyl/N-ethyl adjacent to an activating group) is 1. The minimum absolute atomic E-state index is 0.0263. The fourth-order valence-corrected chi connectivity index (χ4v) is 5.90. The van der Waals surface area contributed by atoms with Crippen LogP contribution in [0, 0.1) is 6.92 Å². The first-order valence-electron chi connectivity index (χ1n) is 14.6. The van der Waals surface area contributed by atoms with Crippen LogP contribution in [0.4, 0.5) is 34.5 Å². The molecule has 2 aliphatic heterocycles. The highest BCUT2D eigenvalue weighted by molar-refractivity contribution is 6.02. The third kappa shape index (κ3) is 6.02. The summed E-state index contributed by atoms with van der Waals surface area (Å²) < 4.78 is 5.79. The third-order valence-corrected chi connectivity index (χ3v) is 8.23. The Bertz CT molecular complexity index is 1610. The Morgan fingerprint density at radius 3 is 2.64 bits per heavy atom. The number of aromatic nitrogens is 3. The molecule has 0 saturated carbocycles. The Balaban J connectivity index is 1.55. The minimum atomic E-state index is -1.13. The highest BCUT2D eigenvalue weighted by atomic mass is 16.5. The lowest BCUT2D eigenvalue weighted by atomic mass is 9.91. The van der Waals surface area contributed by atoms with Crippen molar-refractivity contribution in [1.82, 2.24) is 19.9 Å². The van der Waals surface area contributed by atoms with E-state index >= 15 is 0 Å². The summed E-state index contributed by atoms with van der Waals surface area (Å²) in [4.78, 5) is 44.9. The van der Waals surface area contributed by atoms with Gasteiger partial charge in [0, 0.05) is 49.0 Å². The van der Waals surface area contributed by atoms with Gasteiger partial charge in [0.05, 0.1) is 35.6 Å². The van der Waals surface area contributed by atoms with Gasteiger partial charge in [-0.15, -0.1) is 0 Å². The monoisotopic (exact) mass is 600 g/mol. The van der Waals surface area contributed by atoms with Crippen LogP contribution in [0.5, 0.6) is 5.75 Å². The Morgan fingerprint density at radius 2 is 1.95 bits per heavy atom. The van der Waals surface area contributed by atoms with Gasteiger partial charge >= 0.3 is 5.97 Å². The van der Waals surface area contributed by atoms with Crippen LogP contribution in [0.2, 0.25) is 0 Å². The molecular formula is C32H40N8O4. The van der Waals surface area contributed by atoms with Crippen LogP contribution in [0.15, 0.2) is 43.1 Å². The van der Waals surface area contributed by atoms with Crippen molar-refractivity contribution in [3.05, 3.63) is 60.1 Å². The number of nitrogens with zero attached hydrogens (tertiary/aromatic N) is 6. The maximum Gasteiger partial charge on any atom is 0.341 e. The van der Waals surface area contributed by atoms with E-state index in [1.165, 1.54) is 12.3 Å². The van der Waals surface area contributed by atoms with Gasteiger partial charge in [-0.3, -0.25) is 9.78 Å². The molecule has 5 rings (SSSR count). The molecule has 2 aromatic heterocycles. The molecule has 3 N–H and O–H groups in total. The van der Waals surface area contributed by atoms with Crippen molar-refractivity contribution in [1.29, 1.82) is 0 Å². The van der Waals surface area contributed by atoms with Crippen molar-refractivity contribution in [3.63, 3.8) is 0 Å². The zero-order chi connectivity index (χ0) is 31.8. The molecule has 0 spiro atoms. The van der Waals surface area contributed by atoms with Crippen molar-refractivity contribution in [2.24, 2.45) is 0 Å². The number of aromatic carboxylic acids is 1. The number of carbonyl (C=O) groups excluding carboxylic acids is 1. The molecule has 44 heavy (non-hydrogen) atoms. The summed E-state index contributed by atoms with van der Waals surface area (Å²) in [7, 11) is 5.72. The fourth-order valence-electron chi connectivity index (χ4n) is 5.90. The Kier molecular flexibility index (Phi) is 8.46. The van der Waals surface area contributed by atoms with Gasteiger partial charge in [0.2, 0.25) is 11.9 Å². The highest BCUT2D eigenvalue weighted by Gasteiger charge is 2.39. The normalized spacial score (nSPS) is 17.3. The number of carboxylic acid groups (broad SMARTS) is 1. The fraction of sp³-hybridized carbons (Fsp3) is 0.406. The summed E-state index contributed by atoms with van der Waals surface area (Å²) in [6, 6.07) is 7.89. The predicted octanol–water partition coefficient (Wildman–Crippen LogP) is 4.71. The predicted molar refractivity (Wildman–Crippen MR) is 172 cm³/mol. The zero-order valence-corrected chi connectivity index (χ0v) is 26.1. The molecule has 0 unspecified atom stereocenters. The van der Waals surface area contributed by atoms with Crippen LogP contribution < -0.4 is 25.2 Å². The molecule has 12 nitrogen and oxygen atoms in total. The van der Waals surface area contributed by atoms with Crippen LogP contribution >= 0.6 is 0 Å². The third-order valence-electron chi connectivity index (χ3n) is 8.23. The number of amides is 1. The number of methoxy groups -OCH3 is 1. The average molecular weight is 601 g/mol. The molecule has 0 radical (unpaired) electrons. The number of anilines is 6. The first-order valence-corrected chi connectivity index (χ1v) is 14.6. The quantitative estimate of drug-likeness (QED) is 0.295. The molecule has 0 bridgehead atoms. The molecule has 1 atom stereocenters. The van der Waals surface area contributed by atoms with Gasteiger partial charge in [-0.25, -0.2) is 9.78 Å². The molecule has 1 amide bonds. The largest absolute Gasteiger partial charge is 0.494 e. The van der Waals surface area contributed by atoms with Crippen molar-refractivity contribution in [2.45, 2.75) is 45.1 Å². The Morgan fingerprint density at radius 1 is 1.18 bits per heavy atom. The Hall–Kier alpha value is -4.71. The summed E-state index contributed by atoms with van der Waals surface area (Å²) in [6.45, 7) is 11.8. The summed E-state index contributed by atoms with van der Waals surface area (Å²) in [5.74, 6) is -0.525. The lowest BCUT2D eigenvalue weighted by molar-refractivity contribution is -0.111. The first-order chi connectivity index (χ1) is 20.9. The van der Waals surface area contributed by atoms with Crippen LogP contribution in [-0.2, 0) is 10.2 Å². The standard InChI is InChI=1S/C32H40N8O4/c1-8-27(41)35-22-14-23(26(44-7)15-25(22)39-13-9-10-20(17-39)38(5)6)36-31-33-16-21(30(42)43)29(37-31)40-18-32(3,4)28-24(40)12-11-19(2)34-28/h8,11-12,14-16,20H,1,9-10,13,17-18H2,2-7H3,(H,35,41)(H,42,43)(H,33,36,37)/t20-/m1/s1. The second-order valence-corrected chi connectivity index (χ2v) is 12.1. The minimum Gasteiger partial charge on any atom is -0.494 e. The van der Waals surface area contributed by atoms with Crippen molar-refractivity contribution in [2.75, 3.05) is 61.3 Å². The number of fused-ring (bicyclic) bond motifs is 1. The number of carboxylic acids is 1. The SMILES string of the molecule is C=CC(=O)Nc1cc(Nc2ncc(C(=O)O)c(N3CC(C)(C)c4nc(C)ccc43)n2)c(OC)cc1N1CCC[C@@H](N(C)C)C1. The summed E-state index contributed by atoms with van der Waals surface area (Å²) >= 11 is 0. The van der Waals surface area contributed by atoms with Gasteiger partial charge < -0.3 is 35.2 Å². The number of aryl methyl sites for hydroxylation is 1. The number of ether oxygens (including phenoxy) is 1. The molecule has 232 valence electrons. The lowest BCUT2D eigenvalue weighted by Crippen LogP contribution is -2.45. The van der Waals surface area contributed by atoms with E-state index in [1.54, 1.807) is 13.2 Å². The highest BCUT2D eigenvalue weighted by Crippen LogP contribution is 2.44. The van der Waals surface area contributed by atoms with E-state index < -0.39 is 5.97 Å². The zero-order valence-electron chi connectivity index (χ0n) is 26.1. The second kappa shape index (κ2) is 12.1. The summed E-state index contributed by atoms with van der Waals surface area (Å²) in [5.41, 5.74) is 4.14. The van der Waals surface area contributed by atoms with Crippen LogP contribution in [0.1, 0.15) is 48.4 Å². The van der Waals surface area contributed by atoms with Gasteiger partial charge in [0.15, 0.2) is 5.82 Å². The molecule has 1 saturated heterocycles. The number of benzene rings is 1. The molecule has 12 heteroatoms. The smallest absolute Gasteiger partial charge is 0.341 e. The maximum absolute atomic E-state index is 12.5. The van der Waals surface area contributed by atoms with Crippen molar-refractivity contribution >= 4 is 46.4 Å². The number of hydrogen-bond donors (Lipinski definition) is 3. The molecule has 0 aliphatic carbocycles. The van der Waals surface area contributed by atoms with E-state index in [0.29, 0.717) is 29.7 Å². The maximum atomic E-state index is 12.5. The van der Waals surface area contributed by atoms with Crippen molar-refractivity contribution in [3.8, 4) is 5.75 Å². The number of rotatable bonds is 9. The number of hydrogen-bond acceptors (Lipinski definition) is 10. The Labute approximate surface area is 257 Å². The summed E-state index contributed by atoms with van der Waals surface area (Å²) in [6.07, 6.45) is 4.63. The van der Waals surface area contributed by atoms with E-state index in [2.05, 4.69) is 59.9 Å². The summed E-state index contributed by atoms with van der Waals surface area (Å²) in [5, 5.41) is 16.2. The van der Waals surface area contributed by atoms with Gasteiger partial charge in [-0.05, 0) is 58.1 Å². The van der Waals surface area contributed by atoms with Crippen LogP contribution in [-0.4, -0.2) is 83.7 Å². The van der Waals surface area contributed by atoms with E-state index in [0.717, 1.165) is 48.7 Å². The van der Waals surface area contributed by atoms with E-state index in [1.807, 2.05) is 30.0 Å². The molecular weight excluding hydrogens is 560 g/mol. The number of pyridine rings is 1. The molecule has 2 aliphatic rings. The van der Waals surface area contributed by atoms with E-state index in [9.17, 15) is 14.7 Å². The van der Waals surface area contributed by atoms with Gasteiger partial charge in [-0.1, -0.05) is 20.4 Å². The van der Waals surface area contributed by atoms with E-state index in [-0.39, 0.29) is 28.7 Å². The average Bonchev–Trinajstić information content (AvgIpc) is 3.26. The molecule has 4 heterocycles. The van der Waals surface area contributed by atoms with Crippen LogP contribution in [0.3, 0.4) is 0 Å². The van der Waals surface area contributed by atoms with Crippen LogP contribution in [0.25, 0.3) is 0 Å². The molecule has 1 aromatic carbocycles. The van der Waals surface area contributed by atoms with Crippen molar-refractivity contribution < 1.29 is 19.4 Å². The number of carbonyl (C=O) groups is 2. The van der Waals surface area contributed by atoms with E-state index in [4.69, 9.17) is 14.7 Å². The number of piperidine rings is 1. The molecule has 1 fully saturated rings. The topological polar surface area (TPSA) is 136 Å². The first kappa shape index (κ1) is 30.7. The van der Waals surface area contributed by atoms with Gasteiger partial charge in [0.1, 0.15) is 11.3 Å². The second-order valence-electron chi connectivity index (χ2n) is 12.1. The van der Waals surface area contributed by atoms with Gasteiger partial charge in [0.25, 0.3) is 0 Å².